The number of benzene rings is 3. The van der Waals surface area contributed by atoms with E-state index in [-0.39, 0.29) is 28.1 Å². The number of hydrogen-bond acceptors (Lipinski definition) is 4. The molecule has 2 amide bonds. The van der Waals surface area contributed by atoms with Gasteiger partial charge in [0.15, 0.2) is 0 Å². The van der Waals surface area contributed by atoms with Gasteiger partial charge in [0, 0.05) is 13.1 Å². The first kappa shape index (κ1) is 25.0. The van der Waals surface area contributed by atoms with E-state index in [4.69, 9.17) is 0 Å². The van der Waals surface area contributed by atoms with Gasteiger partial charge < -0.3 is 10.6 Å². The molecule has 0 heterocycles. The Labute approximate surface area is 200 Å². The number of carbonyl (C=O) groups excluding carboxylic acids is 2. The molecule has 8 heteroatoms. The van der Waals surface area contributed by atoms with Crippen molar-refractivity contribution >= 4 is 33.2 Å². The first-order valence-electron chi connectivity index (χ1n) is 11.0. The van der Waals surface area contributed by atoms with E-state index in [9.17, 15) is 18.0 Å². The molecule has 0 bridgehead atoms. The number of amides is 2. The minimum Gasteiger partial charge on any atom is -0.350 e. The molecule has 0 aliphatic carbocycles. The number of carbonyl (C=O) groups is 2. The number of nitrogens with zero attached hydrogens (tertiary/aromatic N) is 1. The smallest absolute Gasteiger partial charge is 0.264 e. The highest BCUT2D eigenvalue weighted by molar-refractivity contribution is 7.92. The van der Waals surface area contributed by atoms with Crippen molar-refractivity contribution in [3.63, 3.8) is 0 Å². The largest absolute Gasteiger partial charge is 0.350 e. The summed E-state index contributed by atoms with van der Waals surface area (Å²) >= 11 is 0. The van der Waals surface area contributed by atoms with Gasteiger partial charge in [-0.3, -0.25) is 13.9 Å². The topological polar surface area (TPSA) is 95.6 Å². The van der Waals surface area contributed by atoms with Gasteiger partial charge in [0.1, 0.15) is 0 Å². The lowest BCUT2D eigenvalue weighted by Gasteiger charge is -2.22. The van der Waals surface area contributed by atoms with Crippen LogP contribution in [0.15, 0.2) is 77.7 Å². The monoisotopic (exact) mass is 479 g/mol. The number of hydrogen-bond donors (Lipinski definition) is 2. The lowest BCUT2D eigenvalue weighted by molar-refractivity contribution is 0.0940. The molecule has 0 aliphatic rings. The highest BCUT2D eigenvalue weighted by atomic mass is 32.2. The van der Waals surface area contributed by atoms with Crippen LogP contribution in [0.3, 0.4) is 0 Å². The van der Waals surface area contributed by atoms with Crippen LogP contribution in [-0.4, -0.2) is 33.3 Å². The van der Waals surface area contributed by atoms with E-state index in [0.717, 1.165) is 16.3 Å². The second-order valence-corrected chi connectivity index (χ2v) is 10.1. The summed E-state index contributed by atoms with van der Waals surface area (Å²) in [6, 6.07) is 19.7. The highest BCUT2D eigenvalue weighted by Crippen LogP contribution is 2.27. The van der Waals surface area contributed by atoms with Gasteiger partial charge in [-0.15, -0.1) is 0 Å². The summed E-state index contributed by atoms with van der Waals surface area (Å²) in [7, 11) is -2.47. The molecule has 0 saturated heterocycles. The number of rotatable bonds is 8. The number of anilines is 2. The number of nitrogens with one attached hydrogen (secondary N) is 2. The van der Waals surface area contributed by atoms with Crippen molar-refractivity contribution in [1.29, 1.82) is 0 Å². The van der Waals surface area contributed by atoms with Crippen LogP contribution in [0, 0.1) is 6.92 Å². The van der Waals surface area contributed by atoms with Crippen LogP contribution in [0.1, 0.15) is 46.5 Å². The second kappa shape index (κ2) is 10.5. The van der Waals surface area contributed by atoms with E-state index in [2.05, 4.69) is 10.6 Å². The van der Waals surface area contributed by atoms with Gasteiger partial charge in [0.05, 0.1) is 27.4 Å². The molecule has 3 aromatic rings. The average molecular weight is 480 g/mol. The van der Waals surface area contributed by atoms with Gasteiger partial charge in [0.2, 0.25) is 0 Å². The van der Waals surface area contributed by atoms with Crippen LogP contribution < -0.4 is 14.9 Å². The van der Waals surface area contributed by atoms with E-state index >= 15 is 0 Å². The van der Waals surface area contributed by atoms with Crippen molar-refractivity contribution < 1.29 is 18.0 Å². The molecule has 2 N–H and O–H groups in total. The van der Waals surface area contributed by atoms with Crippen LogP contribution in [0.25, 0.3) is 0 Å². The van der Waals surface area contributed by atoms with Gasteiger partial charge in [-0.25, -0.2) is 8.42 Å². The normalized spacial score (nSPS) is 12.0. The Morgan fingerprint density at radius 2 is 1.47 bits per heavy atom. The molecule has 3 rings (SSSR count). The molecule has 0 aromatic heterocycles. The Bertz CT molecular complexity index is 1290. The maximum Gasteiger partial charge on any atom is 0.264 e. The quantitative estimate of drug-likeness (QED) is 0.494. The summed E-state index contributed by atoms with van der Waals surface area (Å²) in [6.45, 7) is 5.75. The minimum atomic E-state index is -3.89. The van der Waals surface area contributed by atoms with Crippen LogP contribution in [0.5, 0.6) is 0 Å². The molecule has 0 radical (unpaired) electrons. The predicted octanol–water partition coefficient (Wildman–Crippen LogP) is 4.60. The first-order chi connectivity index (χ1) is 16.1. The lowest BCUT2D eigenvalue weighted by atomic mass is 10.1. The van der Waals surface area contributed by atoms with E-state index in [1.807, 2.05) is 20.8 Å². The van der Waals surface area contributed by atoms with Crippen LogP contribution in [0.2, 0.25) is 0 Å². The van der Waals surface area contributed by atoms with Gasteiger partial charge in [-0.05, 0) is 56.7 Å². The maximum absolute atomic E-state index is 13.2. The summed E-state index contributed by atoms with van der Waals surface area (Å²) < 4.78 is 27.5. The fourth-order valence-electron chi connectivity index (χ4n) is 3.32. The summed E-state index contributed by atoms with van der Waals surface area (Å²) in [4.78, 5) is 26.1. The molecule has 34 heavy (non-hydrogen) atoms. The number of para-hydroxylation sites is 2. The van der Waals surface area contributed by atoms with E-state index in [1.165, 1.54) is 19.2 Å². The van der Waals surface area contributed by atoms with Crippen molar-refractivity contribution in [1.82, 2.24) is 5.32 Å². The van der Waals surface area contributed by atoms with Crippen molar-refractivity contribution in [3.8, 4) is 0 Å². The van der Waals surface area contributed by atoms with Crippen LogP contribution >= 0.6 is 0 Å². The Morgan fingerprint density at radius 1 is 0.882 bits per heavy atom. The zero-order chi connectivity index (χ0) is 24.9. The maximum atomic E-state index is 13.2. The molecular weight excluding hydrogens is 450 g/mol. The summed E-state index contributed by atoms with van der Waals surface area (Å²) in [6.07, 6.45) is 0.773. The fourth-order valence-corrected chi connectivity index (χ4v) is 4.54. The van der Waals surface area contributed by atoms with E-state index in [0.29, 0.717) is 11.3 Å². The van der Waals surface area contributed by atoms with Crippen molar-refractivity contribution in [3.05, 3.63) is 89.5 Å². The van der Waals surface area contributed by atoms with E-state index in [1.54, 1.807) is 60.7 Å². The average Bonchev–Trinajstić information content (AvgIpc) is 2.84. The molecular formula is C26H29N3O4S. The van der Waals surface area contributed by atoms with Crippen LogP contribution in [-0.2, 0) is 10.0 Å². The van der Waals surface area contributed by atoms with Crippen LogP contribution in [0.4, 0.5) is 11.4 Å². The predicted molar refractivity (Wildman–Crippen MR) is 135 cm³/mol. The lowest BCUT2D eigenvalue weighted by Crippen LogP contribution is -2.33. The minimum absolute atomic E-state index is 0.0161. The van der Waals surface area contributed by atoms with Gasteiger partial charge in [-0.1, -0.05) is 48.9 Å². The zero-order valence-corrected chi connectivity index (χ0v) is 20.5. The van der Waals surface area contributed by atoms with Crippen molar-refractivity contribution in [2.45, 2.75) is 38.1 Å². The number of aryl methyl sites for hydroxylation is 1. The molecule has 178 valence electrons. The Kier molecular flexibility index (Phi) is 7.73. The molecule has 0 unspecified atom stereocenters. The van der Waals surface area contributed by atoms with Gasteiger partial charge >= 0.3 is 0 Å². The molecule has 3 aromatic carbocycles. The Hall–Kier alpha value is -3.65. The molecule has 1 atom stereocenters. The van der Waals surface area contributed by atoms with Gasteiger partial charge in [-0.2, -0.15) is 0 Å². The zero-order valence-electron chi connectivity index (χ0n) is 19.7. The second-order valence-electron chi connectivity index (χ2n) is 8.09. The standard InChI is InChI=1S/C26H29N3O4S/c1-5-19(3)27-25(30)21-10-6-8-12-23(21)28-26(31)22-11-7-9-13-24(22)29(4)34(32,33)20-16-14-18(2)15-17-20/h6-17,19H,5H2,1-4H3,(H,27,30)(H,28,31)/t19-/m1/s1. The van der Waals surface area contributed by atoms with E-state index < -0.39 is 15.9 Å². The molecule has 7 nitrogen and oxygen atoms in total. The number of sulfonamides is 1. The van der Waals surface area contributed by atoms with Crippen molar-refractivity contribution in [2.24, 2.45) is 0 Å². The van der Waals surface area contributed by atoms with Gasteiger partial charge in [0.25, 0.3) is 21.8 Å². The molecule has 0 saturated carbocycles. The van der Waals surface area contributed by atoms with Crippen molar-refractivity contribution in [2.75, 3.05) is 16.7 Å². The summed E-state index contributed by atoms with van der Waals surface area (Å²) in [5, 5.41) is 5.66. The fraction of sp³-hybridized carbons (Fsp3) is 0.231. The summed E-state index contributed by atoms with van der Waals surface area (Å²) in [5.41, 5.74) is 2.00. The third kappa shape index (κ3) is 5.46. The Balaban J connectivity index is 1.92. The molecule has 0 aliphatic heterocycles. The highest BCUT2D eigenvalue weighted by Gasteiger charge is 2.25. The third-order valence-corrected chi connectivity index (χ3v) is 7.36. The SMILES string of the molecule is CC[C@@H](C)NC(=O)c1ccccc1NC(=O)c1ccccc1N(C)S(=O)(=O)c1ccc(C)cc1. The Morgan fingerprint density at radius 3 is 2.12 bits per heavy atom. The summed E-state index contributed by atoms with van der Waals surface area (Å²) in [5.74, 6) is -0.817. The molecule has 0 spiro atoms. The first-order valence-corrected chi connectivity index (χ1v) is 12.4. The third-order valence-electron chi connectivity index (χ3n) is 5.58. The molecule has 0 fully saturated rings.